The van der Waals surface area contributed by atoms with Crippen molar-refractivity contribution in [1.29, 1.82) is 0 Å². The summed E-state index contributed by atoms with van der Waals surface area (Å²) < 4.78 is 8.22. The minimum absolute atomic E-state index is 0.0180. The van der Waals surface area contributed by atoms with Gasteiger partial charge in [0.25, 0.3) is 0 Å². The normalized spacial score (nSPS) is 21.8. The van der Waals surface area contributed by atoms with Crippen molar-refractivity contribution in [2.24, 2.45) is 7.05 Å². The molecule has 0 spiro atoms. The van der Waals surface area contributed by atoms with Gasteiger partial charge in [0.2, 0.25) is 0 Å². The molecule has 2 aromatic heterocycles. The quantitative estimate of drug-likeness (QED) is 0.596. The lowest BCUT2D eigenvalue weighted by Gasteiger charge is -2.27. The highest BCUT2D eigenvalue weighted by atomic mass is 32.1. The van der Waals surface area contributed by atoms with Crippen molar-refractivity contribution in [3.63, 3.8) is 0 Å². The minimum Gasteiger partial charge on any atom is -0.490 e. The third kappa shape index (κ3) is 3.67. The lowest BCUT2D eigenvalue weighted by molar-refractivity contribution is 0.210. The first kappa shape index (κ1) is 19.1. The summed E-state index contributed by atoms with van der Waals surface area (Å²) in [5.41, 5.74) is 3.24. The van der Waals surface area contributed by atoms with Crippen LogP contribution in [0.15, 0.2) is 67.1 Å². The van der Waals surface area contributed by atoms with Crippen molar-refractivity contribution in [3.8, 4) is 5.75 Å². The molecule has 0 unspecified atom stereocenters. The van der Waals surface area contributed by atoms with Crippen molar-refractivity contribution >= 4 is 23.0 Å². The Balaban J connectivity index is 1.46. The molecule has 0 amide bonds. The molecule has 2 fully saturated rings. The fourth-order valence-electron chi connectivity index (χ4n) is 4.56. The van der Waals surface area contributed by atoms with Crippen LogP contribution in [0.25, 0.3) is 0 Å². The minimum atomic E-state index is -0.0180. The third-order valence-corrected chi connectivity index (χ3v) is 6.33. The van der Waals surface area contributed by atoms with E-state index in [9.17, 15) is 0 Å². The molecule has 5 nitrogen and oxygen atoms in total. The number of nitrogens with zero attached hydrogens (tertiary/aromatic N) is 3. The number of hydrogen-bond donors (Lipinski definition) is 1. The Morgan fingerprint density at radius 1 is 1.07 bits per heavy atom. The van der Waals surface area contributed by atoms with Crippen LogP contribution in [0.5, 0.6) is 5.75 Å². The van der Waals surface area contributed by atoms with Crippen LogP contribution >= 0.6 is 12.2 Å². The summed E-state index contributed by atoms with van der Waals surface area (Å²) in [4.78, 5) is 6.80. The molecule has 1 aliphatic heterocycles. The molecule has 0 radical (unpaired) electrons. The molecule has 0 bridgehead atoms. The van der Waals surface area contributed by atoms with Gasteiger partial charge in [0.15, 0.2) is 5.11 Å². The van der Waals surface area contributed by atoms with Crippen LogP contribution in [0.2, 0.25) is 0 Å². The highest BCUT2D eigenvalue weighted by Gasteiger charge is 2.41. The van der Waals surface area contributed by atoms with Gasteiger partial charge in [-0.2, -0.15) is 0 Å². The largest absolute Gasteiger partial charge is 0.490 e. The number of pyridine rings is 1. The zero-order valence-electron chi connectivity index (χ0n) is 17.1. The SMILES string of the molecule is Cn1ccc([C@H]2[C@@H](c3ccccn3)NC(=S)N2c2ccc(OC3CCCC3)cc2)c1. The summed E-state index contributed by atoms with van der Waals surface area (Å²) in [6, 6.07) is 16.5. The fourth-order valence-corrected chi connectivity index (χ4v) is 4.90. The van der Waals surface area contributed by atoms with Gasteiger partial charge in [-0.3, -0.25) is 4.98 Å². The summed E-state index contributed by atoms with van der Waals surface area (Å²) >= 11 is 5.78. The summed E-state index contributed by atoms with van der Waals surface area (Å²) in [7, 11) is 2.04. The van der Waals surface area contributed by atoms with Crippen molar-refractivity contribution in [3.05, 3.63) is 78.4 Å². The van der Waals surface area contributed by atoms with Crippen LogP contribution in [0, 0.1) is 0 Å². The molecule has 2 aliphatic rings. The molecule has 30 heavy (non-hydrogen) atoms. The zero-order chi connectivity index (χ0) is 20.5. The Hall–Kier alpha value is -2.86. The molecule has 1 N–H and O–H groups in total. The molecule has 1 aromatic carbocycles. The number of nitrogens with one attached hydrogen (secondary N) is 1. The number of aryl methyl sites for hydroxylation is 1. The first-order chi connectivity index (χ1) is 14.7. The molecule has 3 heterocycles. The van der Waals surface area contributed by atoms with Gasteiger partial charge in [0, 0.05) is 31.3 Å². The van der Waals surface area contributed by atoms with E-state index < -0.39 is 0 Å². The van der Waals surface area contributed by atoms with Gasteiger partial charge in [-0.15, -0.1) is 0 Å². The Bertz CT molecular complexity index is 1010. The third-order valence-electron chi connectivity index (χ3n) is 6.01. The van der Waals surface area contributed by atoms with Gasteiger partial charge in [-0.25, -0.2) is 0 Å². The lowest BCUT2D eigenvalue weighted by Crippen LogP contribution is -2.29. The Labute approximate surface area is 182 Å². The van der Waals surface area contributed by atoms with E-state index in [0.717, 1.165) is 30.0 Å². The van der Waals surface area contributed by atoms with Crippen molar-refractivity contribution in [1.82, 2.24) is 14.9 Å². The number of rotatable bonds is 5. The fraction of sp³-hybridized carbons (Fsp3) is 0.333. The van der Waals surface area contributed by atoms with E-state index in [0.29, 0.717) is 11.2 Å². The van der Waals surface area contributed by atoms with Crippen LogP contribution < -0.4 is 15.0 Å². The van der Waals surface area contributed by atoms with Crippen molar-refractivity contribution in [2.75, 3.05) is 4.90 Å². The second-order valence-electron chi connectivity index (χ2n) is 8.13. The van der Waals surface area contributed by atoms with E-state index in [4.69, 9.17) is 17.0 Å². The second-order valence-corrected chi connectivity index (χ2v) is 8.51. The van der Waals surface area contributed by atoms with E-state index in [-0.39, 0.29) is 12.1 Å². The molecule has 1 aliphatic carbocycles. The topological polar surface area (TPSA) is 42.3 Å². The molecular formula is C24H26N4OS. The van der Waals surface area contributed by atoms with E-state index in [2.05, 4.69) is 68.6 Å². The maximum atomic E-state index is 6.14. The summed E-state index contributed by atoms with van der Waals surface area (Å²) in [6.07, 6.45) is 11.3. The summed E-state index contributed by atoms with van der Waals surface area (Å²) in [5, 5.41) is 4.22. The van der Waals surface area contributed by atoms with Gasteiger partial charge in [0.05, 0.1) is 23.9 Å². The van der Waals surface area contributed by atoms with Crippen LogP contribution in [-0.4, -0.2) is 20.8 Å². The van der Waals surface area contributed by atoms with Gasteiger partial charge >= 0.3 is 0 Å². The molecule has 6 heteroatoms. The lowest BCUT2D eigenvalue weighted by atomic mass is 9.98. The monoisotopic (exact) mass is 418 g/mol. The number of hydrogen-bond acceptors (Lipinski definition) is 3. The highest BCUT2D eigenvalue weighted by Crippen LogP contribution is 2.41. The first-order valence-corrected chi connectivity index (χ1v) is 11.0. The van der Waals surface area contributed by atoms with Gasteiger partial charge in [-0.1, -0.05) is 6.07 Å². The van der Waals surface area contributed by atoms with Gasteiger partial charge < -0.3 is 19.5 Å². The number of anilines is 1. The Morgan fingerprint density at radius 2 is 1.87 bits per heavy atom. The number of thiocarbonyl (C=S) groups is 1. The van der Waals surface area contributed by atoms with E-state index in [1.165, 1.54) is 18.4 Å². The van der Waals surface area contributed by atoms with Crippen LogP contribution in [0.4, 0.5) is 5.69 Å². The molecule has 1 saturated heterocycles. The van der Waals surface area contributed by atoms with Gasteiger partial charge in [-0.05, 0) is 85.9 Å². The molecular weight excluding hydrogens is 392 g/mol. The molecule has 154 valence electrons. The van der Waals surface area contributed by atoms with Crippen LogP contribution in [0.1, 0.15) is 49.0 Å². The number of aromatic nitrogens is 2. The molecule has 3 aromatic rings. The van der Waals surface area contributed by atoms with E-state index >= 15 is 0 Å². The predicted molar refractivity (Wildman–Crippen MR) is 123 cm³/mol. The van der Waals surface area contributed by atoms with Crippen LogP contribution in [0.3, 0.4) is 0 Å². The molecule has 5 rings (SSSR count). The van der Waals surface area contributed by atoms with Gasteiger partial charge in [0.1, 0.15) is 5.75 Å². The number of benzene rings is 1. The average Bonchev–Trinajstić information content (AvgIpc) is 3.50. The van der Waals surface area contributed by atoms with E-state index in [1.807, 2.05) is 25.4 Å². The smallest absolute Gasteiger partial charge is 0.174 e. The first-order valence-electron chi connectivity index (χ1n) is 10.6. The average molecular weight is 419 g/mol. The summed E-state index contributed by atoms with van der Waals surface area (Å²) in [6.45, 7) is 0. The maximum Gasteiger partial charge on any atom is 0.174 e. The zero-order valence-corrected chi connectivity index (χ0v) is 17.9. The Kier molecular flexibility index (Phi) is 5.17. The Morgan fingerprint density at radius 3 is 2.53 bits per heavy atom. The number of ether oxygens (including phenoxy) is 1. The summed E-state index contributed by atoms with van der Waals surface area (Å²) in [5.74, 6) is 0.932. The molecule has 1 saturated carbocycles. The van der Waals surface area contributed by atoms with Crippen LogP contribution in [-0.2, 0) is 7.05 Å². The highest BCUT2D eigenvalue weighted by molar-refractivity contribution is 7.80. The maximum absolute atomic E-state index is 6.14. The van der Waals surface area contributed by atoms with Crippen molar-refractivity contribution in [2.45, 2.75) is 43.9 Å². The predicted octanol–water partition coefficient (Wildman–Crippen LogP) is 4.92. The molecule has 2 atom stereocenters. The second kappa shape index (κ2) is 8.11. The standard InChI is InChI=1S/C24H26N4OS/c1-27-15-13-17(16-27)23-22(21-8-4-5-14-25-21)26-24(30)28(23)18-9-11-20(12-10-18)29-19-6-2-3-7-19/h4-5,8-16,19,22-23H,2-3,6-7H2,1H3,(H,26,30)/t22-,23+/m1/s1. The van der Waals surface area contributed by atoms with E-state index in [1.54, 1.807) is 0 Å². The van der Waals surface area contributed by atoms with Crippen molar-refractivity contribution < 1.29 is 4.74 Å².